The molecule has 9 nitrogen and oxygen atoms in total. The van der Waals surface area contributed by atoms with Gasteiger partial charge in [0.1, 0.15) is 23.6 Å². The van der Waals surface area contributed by atoms with E-state index in [1.165, 1.54) is 11.0 Å². The third kappa shape index (κ3) is 3.64. The second-order valence-electron chi connectivity index (χ2n) is 7.38. The molecule has 0 unspecified atom stereocenters. The van der Waals surface area contributed by atoms with Crippen LogP contribution in [0.4, 0.5) is 14.9 Å². The fourth-order valence-electron chi connectivity index (χ4n) is 3.00. The van der Waals surface area contributed by atoms with Gasteiger partial charge in [0.05, 0.1) is 6.54 Å². The molecule has 0 spiro atoms. The zero-order valence-corrected chi connectivity index (χ0v) is 15.9. The van der Waals surface area contributed by atoms with Gasteiger partial charge in [0.15, 0.2) is 5.82 Å². The minimum absolute atomic E-state index is 0.0782. The maximum Gasteiger partial charge on any atom is 0.410 e. The number of aromatic hydroxyl groups is 1. The first kappa shape index (κ1) is 19.2. The van der Waals surface area contributed by atoms with Crippen LogP contribution in [0.2, 0.25) is 0 Å². The Morgan fingerprint density at radius 1 is 1.33 bits per heavy atom. The summed E-state index contributed by atoms with van der Waals surface area (Å²) < 4.78 is 46.6. The Balaban J connectivity index is 1.97. The Hall–Kier alpha value is -2.56. The normalized spacial score (nSPS) is 18.9. The highest BCUT2D eigenvalue weighted by atomic mass is 32.2. The van der Waals surface area contributed by atoms with Crippen LogP contribution in [0.3, 0.4) is 0 Å². The topological polar surface area (TPSA) is 116 Å². The SMILES string of the molecule is CC(C)(C)OC(=O)N1CCc2cc(O)c(N3CC(=O)NS3(=O)=O)c(F)c2C1. The van der Waals surface area contributed by atoms with E-state index < -0.39 is 51.6 Å². The number of carbonyl (C=O) groups is 2. The largest absolute Gasteiger partial charge is 0.506 e. The number of amides is 2. The van der Waals surface area contributed by atoms with Crippen molar-refractivity contribution in [3.63, 3.8) is 0 Å². The second-order valence-corrected chi connectivity index (χ2v) is 8.98. The predicted molar refractivity (Wildman–Crippen MR) is 92.8 cm³/mol. The number of halogens is 1. The van der Waals surface area contributed by atoms with E-state index in [0.29, 0.717) is 9.87 Å². The minimum atomic E-state index is -4.29. The van der Waals surface area contributed by atoms with E-state index in [1.807, 2.05) is 0 Å². The average Bonchev–Trinajstić information content (AvgIpc) is 2.78. The summed E-state index contributed by atoms with van der Waals surface area (Å²) in [5.41, 5.74) is -0.789. The van der Waals surface area contributed by atoms with Gasteiger partial charge in [0.2, 0.25) is 0 Å². The van der Waals surface area contributed by atoms with E-state index in [1.54, 1.807) is 25.5 Å². The highest BCUT2D eigenvalue weighted by molar-refractivity contribution is 7.92. The lowest BCUT2D eigenvalue weighted by molar-refractivity contribution is -0.117. The van der Waals surface area contributed by atoms with E-state index in [9.17, 15) is 23.1 Å². The maximum atomic E-state index is 15.1. The summed E-state index contributed by atoms with van der Waals surface area (Å²) in [4.78, 5) is 25.0. The molecule has 0 atom stereocenters. The van der Waals surface area contributed by atoms with Crippen LogP contribution < -0.4 is 9.03 Å². The molecule has 2 aliphatic rings. The van der Waals surface area contributed by atoms with Gasteiger partial charge in [0, 0.05) is 12.1 Å². The van der Waals surface area contributed by atoms with E-state index in [0.717, 1.165) is 0 Å². The van der Waals surface area contributed by atoms with Crippen molar-refractivity contribution in [1.29, 1.82) is 0 Å². The van der Waals surface area contributed by atoms with Crippen molar-refractivity contribution in [1.82, 2.24) is 9.62 Å². The molecule has 2 amide bonds. The van der Waals surface area contributed by atoms with E-state index in [-0.39, 0.29) is 25.1 Å². The molecule has 1 aromatic rings. The maximum absolute atomic E-state index is 15.1. The van der Waals surface area contributed by atoms with E-state index >= 15 is 4.39 Å². The molecule has 0 saturated carbocycles. The van der Waals surface area contributed by atoms with Gasteiger partial charge in [-0.15, -0.1) is 0 Å². The Labute approximate surface area is 155 Å². The Kier molecular flexibility index (Phi) is 4.45. The zero-order valence-electron chi connectivity index (χ0n) is 15.1. The predicted octanol–water partition coefficient (Wildman–Crippen LogP) is 1.01. The van der Waals surface area contributed by atoms with Crippen molar-refractivity contribution >= 4 is 27.9 Å². The molecule has 0 aromatic heterocycles. The summed E-state index contributed by atoms with van der Waals surface area (Å²) in [6.07, 6.45) is -0.351. The number of nitrogens with one attached hydrogen (secondary N) is 1. The molecule has 1 saturated heterocycles. The van der Waals surface area contributed by atoms with Crippen molar-refractivity contribution in [2.45, 2.75) is 39.3 Å². The summed E-state index contributed by atoms with van der Waals surface area (Å²) in [7, 11) is -4.29. The standard InChI is InChI=1S/C16H20FN3O6S/c1-16(2,3)26-15(23)19-5-4-9-6-11(21)14(13(17)10(9)7-19)20-8-12(22)18-27(20,24)25/h6,21H,4-5,7-8H2,1-3H3,(H,18,22). The van der Waals surface area contributed by atoms with Gasteiger partial charge in [0.25, 0.3) is 5.91 Å². The molecule has 27 heavy (non-hydrogen) atoms. The summed E-state index contributed by atoms with van der Waals surface area (Å²) in [5.74, 6) is -2.41. The minimum Gasteiger partial charge on any atom is -0.506 e. The molecule has 1 aromatic carbocycles. The van der Waals surface area contributed by atoms with Crippen molar-refractivity contribution in [3.05, 3.63) is 23.0 Å². The zero-order chi connectivity index (χ0) is 20.1. The Morgan fingerprint density at radius 3 is 2.56 bits per heavy atom. The Bertz CT molecular complexity index is 925. The van der Waals surface area contributed by atoms with Crippen LogP contribution in [0.25, 0.3) is 0 Å². The van der Waals surface area contributed by atoms with Crippen LogP contribution in [0.1, 0.15) is 31.9 Å². The number of carbonyl (C=O) groups excluding carboxylic acids is 2. The summed E-state index contributed by atoms with van der Waals surface area (Å²) >= 11 is 0. The van der Waals surface area contributed by atoms with Gasteiger partial charge >= 0.3 is 16.3 Å². The third-order valence-corrected chi connectivity index (χ3v) is 5.51. The van der Waals surface area contributed by atoms with Crippen LogP contribution in [-0.4, -0.2) is 49.1 Å². The van der Waals surface area contributed by atoms with E-state index in [4.69, 9.17) is 4.74 Å². The molecule has 0 aliphatic carbocycles. The first-order chi connectivity index (χ1) is 12.4. The number of hydrogen-bond donors (Lipinski definition) is 2. The van der Waals surface area contributed by atoms with Gasteiger partial charge in [-0.25, -0.2) is 18.2 Å². The molecular formula is C16H20FN3O6S. The van der Waals surface area contributed by atoms with Crippen molar-refractivity contribution in [2.75, 3.05) is 17.4 Å². The average molecular weight is 401 g/mol. The number of rotatable bonds is 1. The van der Waals surface area contributed by atoms with Crippen molar-refractivity contribution in [2.24, 2.45) is 0 Å². The van der Waals surface area contributed by atoms with E-state index in [2.05, 4.69) is 0 Å². The van der Waals surface area contributed by atoms with Gasteiger partial charge < -0.3 is 14.7 Å². The number of anilines is 1. The second kappa shape index (κ2) is 6.25. The first-order valence-electron chi connectivity index (χ1n) is 8.23. The van der Waals surface area contributed by atoms with Crippen LogP contribution in [0, 0.1) is 5.82 Å². The van der Waals surface area contributed by atoms with Crippen LogP contribution in [0.5, 0.6) is 5.75 Å². The van der Waals surface area contributed by atoms with Gasteiger partial charge in [-0.3, -0.25) is 4.79 Å². The molecule has 2 heterocycles. The number of phenols is 1. The molecular weight excluding hydrogens is 381 g/mol. The quantitative estimate of drug-likeness (QED) is 0.725. The lowest BCUT2D eigenvalue weighted by Gasteiger charge is -2.32. The number of benzene rings is 1. The van der Waals surface area contributed by atoms with Gasteiger partial charge in [-0.05, 0) is 38.8 Å². The molecule has 0 bridgehead atoms. The highest BCUT2D eigenvalue weighted by Crippen LogP contribution is 2.39. The molecule has 1 fully saturated rings. The van der Waals surface area contributed by atoms with Gasteiger partial charge in [-0.2, -0.15) is 8.42 Å². The third-order valence-electron chi connectivity index (χ3n) is 4.14. The van der Waals surface area contributed by atoms with Crippen molar-refractivity contribution < 1.29 is 32.2 Å². The number of nitrogens with zero attached hydrogens (tertiary/aromatic N) is 2. The lowest BCUT2D eigenvalue weighted by atomic mass is 9.97. The molecule has 0 radical (unpaired) electrons. The molecule has 2 aliphatic heterocycles. The monoisotopic (exact) mass is 401 g/mol. The molecule has 148 valence electrons. The smallest absolute Gasteiger partial charge is 0.410 e. The van der Waals surface area contributed by atoms with Crippen LogP contribution in [-0.2, 0) is 32.7 Å². The summed E-state index contributed by atoms with van der Waals surface area (Å²) in [6.45, 7) is 4.62. The lowest BCUT2D eigenvalue weighted by Crippen LogP contribution is -2.40. The molecule has 2 N–H and O–H groups in total. The van der Waals surface area contributed by atoms with Crippen LogP contribution >= 0.6 is 0 Å². The number of ether oxygens (including phenoxy) is 1. The number of phenolic OH excluding ortho intramolecular Hbond substituents is 1. The Morgan fingerprint density at radius 2 is 2.00 bits per heavy atom. The fraction of sp³-hybridized carbons (Fsp3) is 0.500. The van der Waals surface area contributed by atoms with Gasteiger partial charge in [-0.1, -0.05) is 0 Å². The van der Waals surface area contributed by atoms with Crippen LogP contribution in [0.15, 0.2) is 6.07 Å². The molecule has 11 heteroatoms. The number of hydrogen-bond acceptors (Lipinski definition) is 6. The first-order valence-corrected chi connectivity index (χ1v) is 9.67. The highest BCUT2D eigenvalue weighted by Gasteiger charge is 2.39. The van der Waals surface area contributed by atoms with Crippen molar-refractivity contribution in [3.8, 4) is 5.75 Å². The summed E-state index contributed by atoms with van der Waals surface area (Å²) in [6, 6.07) is 1.26. The number of fused-ring (bicyclic) bond motifs is 1. The fourth-order valence-corrected chi connectivity index (χ4v) is 4.17. The molecule has 3 rings (SSSR count). The summed E-state index contributed by atoms with van der Waals surface area (Å²) in [5, 5.41) is 10.2.